The number of hydrogen-bond donors (Lipinski definition) is 0. The van der Waals surface area contributed by atoms with Gasteiger partial charge in [-0.1, -0.05) is 25.9 Å². The molecule has 0 aromatic carbocycles. The van der Waals surface area contributed by atoms with Gasteiger partial charge in [0, 0.05) is 18.5 Å². The van der Waals surface area contributed by atoms with Gasteiger partial charge in [0.15, 0.2) is 5.82 Å². The molecule has 7 heteroatoms. The molecule has 2 heterocycles. The maximum Gasteiger partial charge on any atom is 0.308 e. The number of aromatic nitrogens is 2. The Morgan fingerprint density at radius 3 is 2.86 bits per heavy atom. The van der Waals surface area contributed by atoms with Crippen molar-refractivity contribution < 1.29 is 18.8 Å². The van der Waals surface area contributed by atoms with E-state index in [0.29, 0.717) is 31.4 Å². The van der Waals surface area contributed by atoms with Gasteiger partial charge in [-0.15, -0.1) is 0 Å². The highest BCUT2D eigenvalue weighted by molar-refractivity contribution is 5.69. The minimum Gasteiger partial charge on any atom is -0.469 e. The Kier molecular flexibility index (Phi) is 4.95. The summed E-state index contributed by atoms with van der Waals surface area (Å²) < 4.78 is 15.5. The molecular formula is C14H23N3O4. The summed E-state index contributed by atoms with van der Waals surface area (Å²) in [5, 5.41) is 4.02. The monoisotopic (exact) mass is 297 g/mol. The van der Waals surface area contributed by atoms with Gasteiger partial charge in [-0.05, 0) is 0 Å². The summed E-state index contributed by atoms with van der Waals surface area (Å²) in [4.78, 5) is 17.9. The summed E-state index contributed by atoms with van der Waals surface area (Å²) in [7, 11) is 1.39. The van der Waals surface area contributed by atoms with Gasteiger partial charge in [-0.3, -0.25) is 9.69 Å². The number of nitrogens with zero attached hydrogens (tertiary/aromatic N) is 3. The first-order chi connectivity index (χ1) is 9.88. The molecular weight excluding hydrogens is 274 g/mol. The third-order valence-corrected chi connectivity index (χ3v) is 3.32. The van der Waals surface area contributed by atoms with Crippen molar-refractivity contribution in [3.05, 3.63) is 11.7 Å². The number of morpholine rings is 1. The fraction of sp³-hybridized carbons (Fsp3) is 0.786. The Balaban J connectivity index is 1.90. The van der Waals surface area contributed by atoms with E-state index in [-0.39, 0.29) is 23.9 Å². The van der Waals surface area contributed by atoms with Crippen molar-refractivity contribution in [2.45, 2.75) is 45.3 Å². The van der Waals surface area contributed by atoms with Gasteiger partial charge in [-0.25, -0.2) is 0 Å². The molecule has 1 aromatic heterocycles. The Morgan fingerprint density at radius 1 is 1.48 bits per heavy atom. The van der Waals surface area contributed by atoms with Crippen LogP contribution in [0.25, 0.3) is 0 Å². The molecule has 21 heavy (non-hydrogen) atoms. The fourth-order valence-electron chi connectivity index (χ4n) is 2.14. The quantitative estimate of drug-likeness (QED) is 0.771. The zero-order valence-corrected chi connectivity index (χ0v) is 13.1. The first kappa shape index (κ1) is 15.9. The van der Waals surface area contributed by atoms with Crippen LogP contribution in [0.1, 0.15) is 38.9 Å². The van der Waals surface area contributed by atoms with Gasteiger partial charge >= 0.3 is 5.97 Å². The maximum absolute atomic E-state index is 11.3. The lowest BCUT2D eigenvalue weighted by molar-refractivity contribution is -0.145. The Bertz CT molecular complexity index is 481. The van der Waals surface area contributed by atoms with Crippen LogP contribution in [0, 0.1) is 0 Å². The van der Waals surface area contributed by atoms with Crippen LogP contribution in [0.15, 0.2) is 4.52 Å². The highest BCUT2D eigenvalue weighted by Crippen LogP contribution is 2.20. The van der Waals surface area contributed by atoms with E-state index in [0.717, 1.165) is 6.54 Å². The van der Waals surface area contributed by atoms with E-state index < -0.39 is 0 Å². The van der Waals surface area contributed by atoms with Crippen LogP contribution in [0.5, 0.6) is 0 Å². The number of carbonyl (C=O) groups excluding carboxylic acids is 1. The molecule has 0 radical (unpaired) electrons. The minimum absolute atomic E-state index is 0.139. The molecule has 1 saturated heterocycles. The van der Waals surface area contributed by atoms with Crippen molar-refractivity contribution in [2.24, 2.45) is 0 Å². The van der Waals surface area contributed by atoms with Crippen LogP contribution < -0.4 is 0 Å². The van der Waals surface area contributed by atoms with Gasteiger partial charge in [0.25, 0.3) is 0 Å². The summed E-state index contributed by atoms with van der Waals surface area (Å²) in [6.45, 7) is 8.74. The topological polar surface area (TPSA) is 77.7 Å². The third kappa shape index (κ3) is 4.50. The summed E-state index contributed by atoms with van der Waals surface area (Å²) in [5.74, 6) is 1.05. The molecule has 0 amide bonds. The van der Waals surface area contributed by atoms with E-state index in [9.17, 15) is 4.79 Å². The van der Waals surface area contributed by atoms with E-state index in [1.165, 1.54) is 7.11 Å². The molecule has 1 fully saturated rings. The molecule has 1 aromatic rings. The molecule has 7 nitrogen and oxygen atoms in total. The van der Waals surface area contributed by atoms with Crippen molar-refractivity contribution in [2.75, 3.05) is 26.8 Å². The zero-order chi connectivity index (χ0) is 15.5. The van der Waals surface area contributed by atoms with Crippen molar-refractivity contribution in [3.8, 4) is 0 Å². The Labute approximate surface area is 124 Å². The van der Waals surface area contributed by atoms with Crippen LogP contribution in [-0.2, 0) is 26.2 Å². The Morgan fingerprint density at radius 2 is 2.24 bits per heavy atom. The number of carbonyl (C=O) groups is 1. The lowest BCUT2D eigenvalue weighted by Gasteiger charge is -2.31. The van der Waals surface area contributed by atoms with E-state index in [1.54, 1.807) is 0 Å². The first-order valence-corrected chi connectivity index (χ1v) is 7.12. The molecule has 2 rings (SSSR count). The van der Waals surface area contributed by atoms with Crippen LogP contribution >= 0.6 is 0 Å². The maximum atomic E-state index is 11.3. The Hall–Kier alpha value is -1.47. The van der Waals surface area contributed by atoms with E-state index in [1.807, 2.05) is 20.8 Å². The van der Waals surface area contributed by atoms with Crippen molar-refractivity contribution in [1.29, 1.82) is 0 Å². The van der Waals surface area contributed by atoms with Crippen molar-refractivity contribution in [3.63, 3.8) is 0 Å². The number of rotatable bonds is 4. The van der Waals surface area contributed by atoms with E-state index >= 15 is 0 Å². The molecule has 0 aliphatic carbocycles. The van der Waals surface area contributed by atoms with Crippen molar-refractivity contribution >= 4 is 5.97 Å². The zero-order valence-electron chi connectivity index (χ0n) is 13.1. The molecule has 0 N–H and O–H groups in total. The summed E-state index contributed by atoms with van der Waals surface area (Å²) in [6, 6.07) is 0. The van der Waals surface area contributed by atoms with Crippen LogP contribution in [0.3, 0.4) is 0 Å². The van der Waals surface area contributed by atoms with Crippen LogP contribution in [-0.4, -0.2) is 53.9 Å². The molecule has 1 unspecified atom stereocenters. The molecule has 1 aliphatic rings. The number of ether oxygens (including phenoxy) is 2. The lowest BCUT2D eigenvalue weighted by atomic mass is 9.97. The second-order valence-corrected chi connectivity index (χ2v) is 6.27. The summed E-state index contributed by atoms with van der Waals surface area (Å²) in [6.07, 6.45) is 0.132. The predicted molar refractivity (Wildman–Crippen MR) is 74.6 cm³/mol. The molecule has 118 valence electrons. The molecule has 1 atom stereocenters. The minimum atomic E-state index is -0.253. The summed E-state index contributed by atoms with van der Waals surface area (Å²) >= 11 is 0. The highest BCUT2D eigenvalue weighted by atomic mass is 16.5. The predicted octanol–water partition coefficient (Wildman–Crippen LogP) is 1.13. The van der Waals surface area contributed by atoms with Gasteiger partial charge in [0.2, 0.25) is 5.89 Å². The fourth-order valence-corrected chi connectivity index (χ4v) is 2.14. The summed E-state index contributed by atoms with van der Waals surface area (Å²) in [5.41, 5.74) is -0.149. The van der Waals surface area contributed by atoms with E-state index in [4.69, 9.17) is 9.26 Å². The number of esters is 1. The second kappa shape index (κ2) is 6.53. The van der Waals surface area contributed by atoms with Crippen molar-refractivity contribution in [1.82, 2.24) is 15.0 Å². The van der Waals surface area contributed by atoms with Gasteiger partial charge in [0.05, 0.1) is 32.8 Å². The number of methoxy groups -OCH3 is 1. The lowest BCUT2D eigenvalue weighted by Crippen LogP contribution is -2.43. The smallest absolute Gasteiger partial charge is 0.308 e. The van der Waals surface area contributed by atoms with Crippen LogP contribution in [0.2, 0.25) is 0 Å². The van der Waals surface area contributed by atoms with E-state index in [2.05, 4.69) is 19.8 Å². The molecule has 0 spiro atoms. The third-order valence-electron chi connectivity index (χ3n) is 3.32. The molecule has 1 aliphatic heterocycles. The largest absolute Gasteiger partial charge is 0.469 e. The van der Waals surface area contributed by atoms with Crippen LogP contribution in [0.4, 0.5) is 0 Å². The second-order valence-electron chi connectivity index (χ2n) is 6.27. The number of hydrogen-bond acceptors (Lipinski definition) is 7. The standard InChI is InChI=1S/C14H23N3O4/c1-14(2,3)13-15-11(16-21-13)9-17-5-6-20-10(8-17)7-12(18)19-4/h10H,5-9H2,1-4H3. The molecule has 0 saturated carbocycles. The average Bonchev–Trinajstić information content (AvgIpc) is 2.87. The SMILES string of the molecule is COC(=O)CC1CN(Cc2noc(C(C)(C)C)n2)CCO1. The normalized spacial score (nSPS) is 20.5. The molecule has 0 bridgehead atoms. The van der Waals surface area contributed by atoms with Gasteiger partial charge < -0.3 is 14.0 Å². The highest BCUT2D eigenvalue weighted by Gasteiger charge is 2.26. The van der Waals surface area contributed by atoms with Gasteiger partial charge in [0.1, 0.15) is 0 Å². The average molecular weight is 297 g/mol. The first-order valence-electron chi connectivity index (χ1n) is 7.12. The van der Waals surface area contributed by atoms with Gasteiger partial charge in [-0.2, -0.15) is 4.98 Å².